The van der Waals surface area contributed by atoms with E-state index in [1.165, 1.54) is 4.88 Å². The first-order chi connectivity index (χ1) is 11.3. The van der Waals surface area contributed by atoms with Crippen molar-refractivity contribution in [2.45, 2.75) is 25.1 Å². The smallest absolute Gasteiger partial charge is 0.104 e. The minimum atomic E-state index is -0.140. The normalized spacial score (nSPS) is 29.1. The Labute approximate surface area is 140 Å². The lowest BCUT2D eigenvalue weighted by atomic mass is 9.94. The van der Waals surface area contributed by atoms with Crippen LogP contribution >= 0.6 is 11.3 Å². The molecule has 4 heterocycles. The third-order valence-electron chi connectivity index (χ3n) is 4.70. The predicted molar refractivity (Wildman–Crippen MR) is 89.4 cm³/mol. The Balaban J connectivity index is 1.40. The zero-order valence-electron chi connectivity index (χ0n) is 13.3. The number of hydrogen-bond donors (Lipinski definition) is 0. The largest absolute Gasteiger partial charge is 0.377 e. The van der Waals surface area contributed by atoms with E-state index < -0.39 is 0 Å². The van der Waals surface area contributed by atoms with E-state index in [4.69, 9.17) is 9.47 Å². The van der Waals surface area contributed by atoms with E-state index in [2.05, 4.69) is 32.0 Å². The van der Waals surface area contributed by atoms with E-state index in [1.54, 1.807) is 0 Å². The molecule has 0 N–H and O–H groups in total. The molecule has 0 aliphatic carbocycles. The highest BCUT2D eigenvalue weighted by molar-refractivity contribution is 7.09. The van der Waals surface area contributed by atoms with Crippen molar-refractivity contribution in [2.75, 3.05) is 32.9 Å². The molecule has 0 aromatic carbocycles. The number of imidazole rings is 1. The molecule has 0 saturated carbocycles. The second kappa shape index (κ2) is 6.73. The van der Waals surface area contributed by atoms with Crippen molar-refractivity contribution in [1.29, 1.82) is 0 Å². The van der Waals surface area contributed by atoms with E-state index in [0.29, 0.717) is 12.5 Å². The fraction of sp³-hybridized carbons (Fsp3) is 0.588. The van der Waals surface area contributed by atoms with Crippen LogP contribution in [-0.4, -0.2) is 53.0 Å². The summed E-state index contributed by atoms with van der Waals surface area (Å²) in [6.07, 6.45) is 6.81. The Hall–Kier alpha value is -1.21. The average Bonchev–Trinajstić information content (AvgIpc) is 3.25. The predicted octanol–water partition coefficient (Wildman–Crippen LogP) is 2.25. The molecule has 0 amide bonds. The lowest BCUT2D eigenvalue weighted by Gasteiger charge is -2.31. The van der Waals surface area contributed by atoms with E-state index in [1.807, 2.05) is 30.1 Å². The second-order valence-corrected chi connectivity index (χ2v) is 7.70. The Bertz CT molecular complexity index is 601. The highest BCUT2D eigenvalue weighted by atomic mass is 32.1. The van der Waals surface area contributed by atoms with E-state index >= 15 is 0 Å². The number of ether oxygens (including phenoxy) is 2. The van der Waals surface area contributed by atoms with Crippen LogP contribution in [-0.2, 0) is 22.6 Å². The van der Waals surface area contributed by atoms with Crippen LogP contribution in [0.25, 0.3) is 0 Å². The summed E-state index contributed by atoms with van der Waals surface area (Å²) in [6.45, 7) is 6.25. The van der Waals surface area contributed by atoms with Crippen LogP contribution in [0.1, 0.15) is 11.3 Å². The molecule has 2 atom stereocenters. The minimum Gasteiger partial charge on any atom is -0.377 e. The molecule has 2 aromatic heterocycles. The van der Waals surface area contributed by atoms with Crippen LogP contribution in [0.2, 0.25) is 0 Å². The summed E-state index contributed by atoms with van der Waals surface area (Å²) in [7, 11) is 0. The van der Waals surface area contributed by atoms with Gasteiger partial charge in [-0.2, -0.15) is 0 Å². The molecule has 2 aliphatic rings. The van der Waals surface area contributed by atoms with Gasteiger partial charge in [0.1, 0.15) is 5.60 Å². The second-order valence-electron chi connectivity index (χ2n) is 6.67. The van der Waals surface area contributed by atoms with Gasteiger partial charge in [-0.25, -0.2) is 4.98 Å². The lowest BCUT2D eigenvalue weighted by molar-refractivity contribution is -0.0562. The van der Waals surface area contributed by atoms with Crippen LogP contribution in [0.4, 0.5) is 0 Å². The van der Waals surface area contributed by atoms with Gasteiger partial charge in [-0.05, 0) is 17.9 Å². The zero-order valence-corrected chi connectivity index (χ0v) is 14.1. The summed E-state index contributed by atoms with van der Waals surface area (Å²) in [6, 6.07) is 4.33. The summed E-state index contributed by atoms with van der Waals surface area (Å²) < 4.78 is 14.3. The monoisotopic (exact) mass is 333 g/mol. The van der Waals surface area contributed by atoms with Crippen LogP contribution in [0.5, 0.6) is 0 Å². The maximum absolute atomic E-state index is 6.28. The van der Waals surface area contributed by atoms with Crippen molar-refractivity contribution in [3.8, 4) is 0 Å². The molecule has 0 radical (unpaired) electrons. The molecule has 0 bridgehead atoms. The van der Waals surface area contributed by atoms with Gasteiger partial charge in [0.15, 0.2) is 0 Å². The van der Waals surface area contributed by atoms with Gasteiger partial charge in [0.25, 0.3) is 0 Å². The van der Waals surface area contributed by atoms with Crippen LogP contribution in [0.3, 0.4) is 0 Å². The SMILES string of the molecule is c1csc(CN2CCOCC3(CC(Cn4ccnc4)CO3)C2)c1. The highest BCUT2D eigenvalue weighted by Crippen LogP contribution is 2.34. The average molecular weight is 333 g/mol. The van der Waals surface area contributed by atoms with Gasteiger partial charge in [-0.3, -0.25) is 4.90 Å². The molecule has 6 heteroatoms. The highest BCUT2D eigenvalue weighted by Gasteiger charge is 2.43. The topological polar surface area (TPSA) is 39.5 Å². The molecule has 2 fully saturated rings. The van der Waals surface area contributed by atoms with Gasteiger partial charge in [0, 0.05) is 49.4 Å². The van der Waals surface area contributed by atoms with Crippen molar-refractivity contribution in [2.24, 2.45) is 5.92 Å². The fourth-order valence-corrected chi connectivity index (χ4v) is 4.45. The van der Waals surface area contributed by atoms with Gasteiger partial charge >= 0.3 is 0 Å². The fourth-order valence-electron chi connectivity index (χ4n) is 3.70. The third kappa shape index (κ3) is 3.66. The Kier molecular flexibility index (Phi) is 4.48. The summed E-state index contributed by atoms with van der Waals surface area (Å²) in [5, 5.41) is 2.15. The molecule has 2 saturated heterocycles. The van der Waals surface area contributed by atoms with Crippen molar-refractivity contribution in [1.82, 2.24) is 14.5 Å². The third-order valence-corrected chi connectivity index (χ3v) is 5.56. The Morgan fingerprint density at radius 2 is 2.43 bits per heavy atom. The maximum atomic E-state index is 6.28. The maximum Gasteiger partial charge on any atom is 0.104 e. The van der Waals surface area contributed by atoms with Crippen molar-refractivity contribution >= 4 is 11.3 Å². The van der Waals surface area contributed by atoms with Gasteiger partial charge in [-0.1, -0.05) is 6.07 Å². The molecule has 124 valence electrons. The zero-order chi connectivity index (χ0) is 15.5. The Morgan fingerprint density at radius 3 is 3.26 bits per heavy atom. The molecule has 2 aliphatic heterocycles. The first-order valence-corrected chi connectivity index (χ1v) is 9.11. The molecule has 1 spiro atoms. The lowest BCUT2D eigenvalue weighted by Crippen LogP contribution is -2.43. The molecule has 2 aromatic rings. The number of rotatable bonds is 4. The first-order valence-electron chi connectivity index (χ1n) is 8.24. The van der Waals surface area contributed by atoms with E-state index in [9.17, 15) is 0 Å². The summed E-state index contributed by atoms with van der Waals surface area (Å²) in [5.74, 6) is 0.537. The van der Waals surface area contributed by atoms with Gasteiger partial charge in [0.2, 0.25) is 0 Å². The molecule has 4 rings (SSSR count). The van der Waals surface area contributed by atoms with Gasteiger partial charge < -0.3 is 14.0 Å². The molecular weight excluding hydrogens is 310 g/mol. The van der Waals surface area contributed by atoms with Crippen LogP contribution in [0, 0.1) is 5.92 Å². The van der Waals surface area contributed by atoms with E-state index in [0.717, 1.165) is 45.8 Å². The Morgan fingerprint density at radius 1 is 1.43 bits per heavy atom. The van der Waals surface area contributed by atoms with Crippen molar-refractivity contribution in [3.05, 3.63) is 41.1 Å². The van der Waals surface area contributed by atoms with E-state index in [-0.39, 0.29) is 5.60 Å². The number of hydrogen-bond acceptors (Lipinski definition) is 5. The molecular formula is C17H23N3O2S. The summed E-state index contributed by atoms with van der Waals surface area (Å²) in [4.78, 5) is 8.02. The van der Waals surface area contributed by atoms with Crippen LogP contribution in [0.15, 0.2) is 36.2 Å². The summed E-state index contributed by atoms with van der Waals surface area (Å²) >= 11 is 1.82. The number of aromatic nitrogens is 2. The summed E-state index contributed by atoms with van der Waals surface area (Å²) in [5.41, 5.74) is -0.140. The standard InChI is InChI=1S/C17H23N3O2S/c1-2-16(23-7-1)10-19-5-6-21-13-17(12-19)8-15(11-22-17)9-20-4-3-18-14-20/h1-4,7,14-15H,5-6,8-13H2. The van der Waals surface area contributed by atoms with Crippen molar-refractivity contribution < 1.29 is 9.47 Å². The first kappa shape index (κ1) is 15.3. The molecule has 5 nitrogen and oxygen atoms in total. The van der Waals surface area contributed by atoms with Crippen LogP contribution < -0.4 is 0 Å². The minimum absolute atomic E-state index is 0.140. The molecule has 23 heavy (non-hydrogen) atoms. The van der Waals surface area contributed by atoms with Gasteiger partial charge in [-0.15, -0.1) is 11.3 Å². The number of thiophene rings is 1. The van der Waals surface area contributed by atoms with Gasteiger partial charge in [0.05, 0.1) is 26.1 Å². The molecule has 2 unspecified atom stereocenters. The van der Waals surface area contributed by atoms with Crippen molar-refractivity contribution in [3.63, 3.8) is 0 Å². The quantitative estimate of drug-likeness (QED) is 0.860. The number of nitrogens with zero attached hydrogens (tertiary/aromatic N) is 3.